The molecule has 0 fully saturated rings. The molecule has 0 aliphatic heterocycles. The molecular weight excluding hydrogens is 484 g/mol. The van der Waals surface area contributed by atoms with Gasteiger partial charge in [-0.15, -0.1) is 0 Å². The van der Waals surface area contributed by atoms with E-state index in [4.69, 9.17) is 42.1 Å². The molecule has 11 nitrogen and oxygen atoms in total. The molecule has 0 saturated heterocycles. The van der Waals surface area contributed by atoms with E-state index in [1.54, 1.807) is 26.4 Å². The van der Waals surface area contributed by atoms with Crippen LogP contribution >= 0.6 is 0 Å². The van der Waals surface area contributed by atoms with Gasteiger partial charge in [0.15, 0.2) is 6.29 Å². The molecule has 0 aliphatic rings. The molecular formula is C23H40O11S. The summed E-state index contributed by atoms with van der Waals surface area (Å²) in [4.78, 5) is 0.131. The molecule has 0 spiro atoms. The van der Waals surface area contributed by atoms with E-state index in [1.807, 2.05) is 6.92 Å². The molecule has 1 aromatic carbocycles. The highest BCUT2D eigenvalue weighted by atomic mass is 32.2. The minimum absolute atomic E-state index is 0.0542. The van der Waals surface area contributed by atoms with Gasteiger partial charge in [0.2, 0.25) is 0 Å². The first-order chi connectivity index (χ1) is 17.0. The highest BCUT2D eigenvalue weighted by molar-refractivity contribution is 7.86. The molecule has 35 heavy (non-hydrogen) atoms. The first-order valence-electron chi connectivity index (χ1n) is 11.5. The van der Waals surface area contributed by atoms with E-state index in [1.165, 1.54) is 12.1 Å². The summed E-state index contributed by atoms with van der Waals surface area (Å²) in [5, 5.41) is 0. The Morgan fingerprint density at radius 3 is 1.37 bits per heavy atom. The predicted molar refractivity (Wildman–Crippen MR) is 127 cm³/mol. The summed E-state index contributed by atoms with van der Waals surface area (Å²) in [6.07, 6.45) is -0.361. The summed E-state index contributed by atoms with van der Waals surface area (Å²) < 4.78 is 71.3. The quantitative estimate of drug-likeness (QED) is 0.111. The lowest BCUT2D eigenvalue weighted by Gasteiger charge is -2.13. The maximum atomic E-state index is 12.0. The SMILES string of the molecule is COC(COCCOCCOCCOCCOCCOCCOS(=O)(=O)c1ccc(C)cc1)OC. The zero-order chi connectivity index (χ0) is 25.6. The monoisotopic (exact) mass is 524 g/mol. The van der Waals surface area contributed by atoms with Crippen LogP contribution in [0.3, 0.4) is 0 Å². The van der Waals surface area contributed by atoms with Gasteiger partial charge in [0.05, 0.1) is 90.8 Å². The minimum atomic E-state index is -3.76. The fraction of sp³-hybridized carbons (Fsp3) is 0.739. The maximum Gasteiger partial charge on any atom is 0.297 e. The summed E-state index contributed by atoms with van der Waals surface area (Å²) in [6.45, 7) is 6.75. The second-order valence-corrected chi connectivity index (χ2v) is 8.74. The topological polar surface area (TPSA) is 117 Å². The molecule has 0 atom stereocenters. The van der Waals surface area contributed by atoms with Gasteiger partial charge in [0, 0.05) is 14.2 Å². The summed E-state index contributed by atoms with van der Waals surface area (Å²) in [6, 6.07) is 6.48. The number of hydrogen-bond donors (Lipinski definition) is 0. The van der Waals surface area contributed by atoms with Crippen LogP contribution < -0.4 is 0 Å². The highest BCUT2D eigenvalue weighted by Gasteiger charge is 2.14. The van der Waals surface area contributed by atoms with Gasteiger partial charge in [-0.3, -0.25) is 4.18 Å². The Morgan fingerprint density at radius 1 is 0.600 bits per heavy atom. The summed E-state index contributed by atoms with van der Waals surface area (Å²) in [5.41, 5.74) is 0.977. The fourth-order valence-electron chi connectivity index (χ4n) is 2.49. The Bertz CT molecular complexity index is 709. The van der Waals surface area contributed by atoms with Gasteiger partial charge in [0.1, 0.15) is 0 Å². The number of rotatable bonds is 24. The normalized spacial score (nSPS) is 12.0. The first-order valence-corrected chi connectivity index (χ1v) is 12.9. The van der Waals surface area contributed by atoms with Crippen molar-refractivity contribution in [3.8, 4) is 0 Å². The van der Waals surface area contributed by atoms with Crippen LogP contribution in [0.5, 0.6) is 0 Å². The van der Waals surface area contributed by atoms with Crippen molar-refractivity contribution in [2.24, 2.45) is 0 Å². The van der Waals surface area contributed by atoms with E-state index in [0.717, 1.165) is 5.56 Å². The molecule has 0 amide bonds. The predicted octanol–water partition coefficient (Wildman–Crippen LogP) is 1.42. The van der Waals surface area contributed by atoms with E-state index in [0.29, 0.717) is 72.7 Å². The molecule has 1 aromatic rings. The van der Waals surface area contributed by atoms with E-state index < -0.39 is 10.1 Å². The van der Waals surface area contributed by atoms with Crippen LogP contribution in [0.25, 0.3) is 0 Å². The lowest BCUT2D eigenvalue weighted by atomic mass is 10.2. The lowest BCUT2D eigenvalue weighted by molar-refractivity contribution is -0.143. The highest BCUT2D eigenvalue weighted by Crippen LogP contribution is 2.12. The van der Waals surface area contributed by atoms with Crippen LogP contribution in [0, 0.1) is 6.92 Å². The zero-order valence-corrected chi connectivity index (χ0v) is 21.8. The van der Waals surface area contributed by atoms with Crippen LogP contribution in [0.4, 0.5) is 0 Å². The smallest absolute Gasteiger partial charge is 0.297 e. The Hall–Kier alpha value is -1.19. The van der Waals surface area contributed by atoms with Crippen LogP contribution in [-0.2, 0) is 52.2 Å². The van der Waals surface area contributed by atoms with Gasteiger partial charge in [-0.25, -0.2) is 0 Å². The maximum absolute atomic E-state index is 12.0. The molecule has 0 radical (unpaired) electrons. The largest absolute Gasteiger partial charge is 0.377 e. The van der Waals surface area contributed by atoms with Crippen molar-refractivity contribution in [2.75, 3.05) is 100 Å². The number of methoxy groups -OCH3 is 2. The average molecular weight is 525 g/mol. The van der Waals surface area contributed by atoms with Gasteiger partial charge >= 0.3 is 0 Å². The Morgan fingerprint density at radius 2 is 0.971 bits per heavy atom. The van der Waals surface area contributed by atoms with Crippen molar-refractivity contribution >= 4 is 10.1 Å². The lowest BCUT2D eigenvalue weighted by Crippen LogP contribution is -2.21. The number of benzene rings is 1. The first kappa shape index (κ1) is 31.8. The molecule has 0 aromatic heterocycles. The summed E-state index contributed by atoms with van der Waals surface area (Å²) in [5.74, 6) is 0. The molecule has 0 N–H and O–H groups in total. The van der Waals surface area contributed by atoms with Crippen LogP contribution in [0.15, 0.2) is 29.2 Å². The van der Waals surface area contributed by atoms with E-state index >= 15 is 0 Å². The molecule has 0 unspecified atom stereocenters. The second kappa shape index (κ2) is 20.9. The molecule has 0 aliphatic carbocycles. The summed E-state index contributed by atoms with van der Waals surface area (Å²) in [7, 11) is -0.644. The van der Waals surface area contributed by atoms with Crippen molar-refractivity contribution in [1.82, 2.24) is 0 Å². The second-order valence-electron chi connectivity index (χ2n) is 7.13. The zero-order valence-electron chi connectivity index (χ0n) is 21.0. The number of ether oxygens (including phenoxy) is 8. The van der Waals surface area contributed by atoms with Crippen molar-refractivity contribution in [3.05, 3.63) is 29.8 Å². The van der Waals surface area contributed by atoms with Crippen molar-refractivity contribution in [3.63, 3.8) is 0 Å². The Labute approximate surface area is 208 Å². The van der Waals surface area contributed by atoms with Gasteiger partial charge in [-0.05, 0) is 19.1 Å². The van der Waals surface area contributed by atoms with Crippen LogP contribution in [0.1, 0.15) is 5.56 Å². The number of aryl methyl sites for hydroxylation is 1. The Balaban J connectivity index is 1.79. The van der Waals surface area contributed by atoms with Crippen LogP contribution in [-0.4, -0.2) is 115 Å². The summed E-state index contributed by atoms with van der Waals surface area (Å²) >= 11 is 0. The van der Waals surface area contributed by atoms with Gasteiger partial charge in [-0.2, -0.15) is 8.42 Å². The van der Waals surface area contributed by atoms with E-state index in [9.17, 15) is 8.42 Å². The van der Waals surface area contributed by atoms with E-state index in [2.05, 4.69) is 0 Å². The van der Waals surface area contributed by atoms with Crippen molar-refractivity contribution in [1.29, 1.82) is 0 Å². The van der Waals surface area contributed by atoms with Gasteiger partial charge in [-0.1, -0.05) is 17.7 Å². The van der Waals surface area contributed by atoms with Crippen LogP contribution in [0.2, 0.25) is 0 Å². The van der Waals surface area contributed by atoms with Crippen molar-refractivity contribution in [2.45, 2.75) is 18.1 Å². The average Bonchev–Trinajstić information content (AvgIpc) is 2.85. The van der Waals surface area contributed by atoms with Gasteiger partial charge in [0.25, 0.3) is 10.1 Å². The standard InChI is InChI=1S/C23H40O11S/c1-21-4-6-22(7-5-21)35(24,25)34-19-18-32-15-14-30-11-10-28-8-9-29-12-13-31-16-17-33-20-23(26-2)27-3/h4-7,23H,8-20H2,1-3H3. The van der Waals surface area contributed by atoms with Gasteiger partial charge < -0.3 is 37.9 Å². The molecule has 0 heterocycles. The third-order valence-electron chi connectivity index (χ3n) is 4.42. The fourth-order valence-corrected chi connectivity index (χ4v) is 3.38. The molecule has 0 bridgehead atoms. The van der Waals surface area contributed by atoms with E-state index in [-0.39, 0.29) is 24.4 Å². The number of hydrogen-bond acceptors (Lipinski definition) is 11. The third-order valence-corrected chi connectivity index (χ3v) is 5.74. The Kier molecular flexibility index (Phi) is 19.1. The van der Waals surface area contributed by atoms with Crippen molar-refractivity contribution < 1.29 is 50.5 Å². The third kappa shape index (κ3) is 17.0. The minimum Gasteiger partial charge on any atom is -0.377 e. The molecule has 12 heteroatoms. The molecule has 0 saturated carbocycles. The molecule has 1 rings (SSSR count). The molecule has 204 valence electrons.